The van der Waals surface area contributed by atoms with Gasteiger partial charge in [-0.05, 0) is 31.6 Å². The third-order valence-electron chi connectivity index (χ3n) is 6.25. The molecule has 0 radical (unpaired) electrons. The van der Waals surface area contributed by atoms with E-state index in [1.54, 1.807) is 6.92 Å². The first-order valence-corrected chi connectivity index (χ1v) is 9.91. The van der Waals surface area contributed by atoms with Crippen LogP contribution in [0.5, 0.6) is 0 Å². The Balaban J connectivity index is 1.30. The highest BCUT2D eigenvalue weighted by Crippen LogP contribution is 2.40. The molecule has 7 heteroatoms. The van der Waals surface area contributed by atoms with E-state index in [0.29, 0.717) is 23.6 Å². The molecule has 1 aromatic rings. The standard InChI is InChI=1S/C19H30N4O3/c1-12-10-23(15-5-7-22(8-6-15)13(2)24)11-17(12)20-19(25)16-9-18(26-21-16)14-3-4-14/h9,12,14-15,17,19-20,25H,3-8,10-11H2,1-2H3/t12-,17-,19?/m1/s1. The molecular formula is C19H30N4O3. The van der Waals surface area contributed by atoms with E-state index in [1.807, 2.05) is 11.0 Å². The first-order chi connectivity index (χ1) is 12.5. The van der Waals surface area contributed by atoms with E-state index in [9.17, 15) is 9.90 Å². The molecule has 144 valence electrons. The van der Waals surface area contributed by atoms with Crippen molar-refractivity contribution >= 4 is 5.91 Å². The van der Waals surface area contributed by atoms with E-state index in [0.717, 1.165) is 57.6 Å². The number of amides is 1. The van der Waals surface area contributed by atoms with Gasteiger partial charge in [0.25, 0.3) is 0 Å². The Kier molecular flexibility index (Phi) is 5.03. The Labute approximate surface area is 154 Å². The van der Waals surface area contributed by atoms with Gasteiger partial charge in [0.1, 0.15) is 11.5 Å². The number of piperidine rings is 1. The smallest absolute Gasteiger partial charge is 0.219 e. The zero-order valence-corrected chi connectivity index (χ0v) is 15.7. The minimum Gasteiger partial charge on any atom is -0.373 e. The number of carbonyl (C=O) groups is 1. The van der Waals surface area contributed by atoms with Crippen LogP contribution in [0.3, 0.4) is 0 Å². The summed E-state index contributed by atoms with van der Waals surface area (Å²) in [5.74, 6) is 2.05. The first-order valence-electron chi connectivity index (χ1n) is 9.91. The molecule has 1 aliphatic carbocycles. The molecule has 4 rings (SSSR count). The zero-order valence-electron chi connectivity index (χ0n) is 15.7. The Bertz CT molecular complexity index is 636. The van der Waals surface area contributed by atoms with Crippen LogP contribution in [0.4, 0.5) is 0 Å². The van der Waals surface area contributed by atoms with Gasteiger partial charge in [-0.15, -0.1) is 0 Å². The molecule has 1 amide bonds. The number of carbonyl (C=O) groups excluding carboxylic acids is 1. The fraction of sp³-hybridized carbons (Fsp3) is 0.789. The van der Waals surface area contributed by atoms with Crippen molar-refractivity contribution < 1.29 is 14.4 Å². The second-order valence-electron chi connectivity index (χ2n) is 8.27. The quantitative estimate of drug-likeness (QED) is 0.772. The van der Waals surface area contributed by atoms with Crippen LogP contribution in [0.25, 0.3) is 0 Å². The van der Waals surface area contributed by atoms with E-state index >= 15 is 0 Å². The van der Waals surface area contributed by atoms with Crippen LogP contribution in [-0.2, 0) is 4.79 Å². The van der Waals surface area contributed by atoms with E-state index in [-0.39, 0.29) is 11.9 Å². The van der Waals surface area contributed by atoms with Gasteiger partial charge in [0.2, 0.25) is 5.91 Å². The summed E-state index contributed by atoms with van der Waals surface area (Å²) in [5, 5.41) is 17.9. The first kappa shape index (κ1) is 17.9. The van der Waals surface area contributed by atoms with Gasteiger partial charge in [0.05, 0.1) is 0 Å². The molecule has 2 saturated heterocycles. The van der Waals surface area contributed by atoms with Gasteiger partial charge < -0.3 is 14.5 Å². The molecule has 2 N–H and O–H groups in total. The van der Waals surface area contributed by atoms with Crippen LogP contribution in [-0.4, -0.2) is 64.2 Å². The van der Waals surface area contributed by atoms with Gasteiger partial charge in [-0.25, -0.2) is 0 Å². The van der Waals surface area contributed by atoms with Crippen molar-refractivity contribution in [2.45, 2.75) is 63.8 Å². The number of nitrogens with zero attached hydrogens (tertiary/aromatic N) is 3. The van der Waals surface area contributed by atoms with Crippen LogP contribution < -0.4 is 5.32 Å². The Morgan fingerprint density at radius 1 is 1.31 bits per heavy atom. The molecule has 1 unspecified atom stereocenters. The molecule has 0 spiro atoms. The highest BCUT2D eigenvalue weighted by molar-refractivity contribution is 5.73. The summed E-state index contributed by atoms with van der Waals surface area (Å²) < 4.78 is 5.35. The fourth-order valence-corrected chi connectivity index (χ4v) is 4.35. The van der Waals surface area contributed by atoms with Crippen molar-refractivity contribution in [3.05, 3.63) is 17.5 Å². The summed E-state index contributed by atoms with van der Waals surface area (Å²) in [7, 11) is 0. The summed E-state index contributed by atoms with van der Waals surface area (Å²) in [4.78, 5) is 16.0. The molecule has 7 nitrogen and oxygen atoms in total. The molecule has 3 atom stereocenters. The lowest BCUT2D eigenvalue weighted by Crippen LogP contribution is -2.46. The van der Waals surface area contributed by atoms with Gasteiger partial charge >= 0.3 is 0 Å². The molecule has 26 heavy (non-hydrogen) atoms. The van der Waals surface area contributed by atoms with Crippen molar-refractivity contribution in [1.82, 2.24) is 20.3 Å². The lowest BCUT2D eigenvalue weighted by atomic mass is 10.0. The Morgan fingerprint density at radius 2 is 2.04 bits per heavy atom. The van der Waals surface area contributed by atoms with E-state index < -0.39 is 6.23 Å². The van der Waals surface area contributed by atoms with E-state index in [2.05, 4.69) is 22.3 Å². The Hall–Kier alpha value is -1.44. The minimum atomic E-state index is -0.779. The maximum absolute atomic E-state index is 11.5. The number of hydrogen-bond donors (Lipinski definition) is 2. The lowest BCUT2D eigenvalue weighted by Gasteiger charge is -2.36. The van der Waals surface area contributed by atoms with Crippen molar-refractivity contribution in [3.8, 4) is 0 Å². The van der Waals surface area contributed by atoms with Crippen molar-refractivity contribution in [2.75, 3.05) is 26.2 Å². The number of aliphatic hydroxyl groups excluding tert-OH is 1. The molecular weight excluding hydrogens is 332 g/mol. The van der Waals surface area contributed by atoms with Crippen LogP contribution in [0, 0.1) is 5.92 Å². The maximum Gasteiger partial charge on any atom is 0.219 e. The molecule has 3 fully saturated rings. The van der Waals surface area contributed by atoms with E-state index in [4.69, 9.17) is 4.52 Å². The number of hydrogen-bond acceptors (Lipinski definition) is 6. The number of likely N-dealkylation sites (tertiary alicyclic amines) is 2. The van der Waals surface area contributed by atoms with Crippen molar-refractivity contribution in [2.24, 2.45) is 5.92 Å². The number of aliphatic hydroxyl groups is 1. The van der Waals surface area contributed by atoms with Crippen LogP contribution in [0.15, 0.2) is 10.6 Å². The van der Waals surface area contributed by atoms with Crippen LogP contribution in [0.2, 0.25) is 0 Å². The molecule has 1 saturated carbocycles. The largest absolute Gasteiger partial charge is 0.373 e. The topological polar surface area (TPSA) is 81.8 Å². The van der Waals surface area contributed by atoms with Gasteiger partial charge in [0, 0.05) is 57.2 Å². The van der Waals surface area contributed by atoms with Gasteiger partial charge in [-0.2, -0.15) is 0 Å². The predicted octanol–water partition coefficient (Wildman–Crippen LogP) is 1.46. The zero-order chi connectivity index (χ0) is 18.3. The second kappa shape index (κ2) is 7.29. The lowest BCUT2D eigenvalue weighted by molar-refractivity contribution is -0.130. The van der Waals surface area contributed by atoms with E-state index in [1.165, 1.54) is 0 Å². The summed E-state index contributed by atoms with van der Waals surface area (Å²) >= 11 is 0. The summed E-state index contributed by atoms with van der Waals surface area (Å²) in [5.41, 5.74) is 0.590. The molecule has 3 heterocycles. The predicted molar refractivity (Wildman–Crippen MR) is 96.4 cm³/mol. The van der Waals surface area contributed by atoms with Crippen LogP contribution >= 0.6 is 0 Å². The third-order valence-corrected chi connectivity index (χ3v) is 6.25. The summed E-state index contributed by atoms with van der Waals surface area (Å²) in [6.45, 7) is 7.55. The normalized spacial score (nSPS) is 29.3. The highest BCUT2D eigenvalue weighted by atomic mass is 16.5. The highest BCUT2D eigenvalue weighted by Gasteiger charge is 2.36. The van der Waals surface area contributed by atoms with Crippen molar-refractivity contribution in [1.29, 1.82) is 0 Å². The average Bonchev–Trinajstić information content (AvgIpc) is 3.25. The SMILES string of the molecule is CC(=O)N1CCC(N2C[C@@H](C)[C@H](NC(O)c3cc(C4CC4)on3)C2)CC1. The van der Waals surface area contributed by atoms with Crippen LogP contribution in [0.1, 0.15) is 63.1 Å². The third kappa shape index (κ3) is 3.80. The fourth-order valence-electron chi connectivity index (χ4n) is 4.35. The molecule has 2 aliphatic heterocycles. The maximum atomic E-state index is 11.5. The molecule has 3 aliphatic rings. The minimum absolute atomic E-state index is 0.180. The van der Waals surface area contributed by atoms with Gasteiger partial charge in [-0.1, -0.05) is 12.1 Å². The second-order valence-corrected chi connectivity index (χ2v) is 8.27. The number of aromatic nitrogens is 1. The summed E-state index contributed by atoms with van der Waals surface area (Å²) in [6, 6.07) is 2.66. The number of rotatable bonds is 5. The summed E-state index contributed by atoms with van der Waals surface area (Å²) in [6.07, 6.45) is 3.62. The molecule has 0 bridgehead atoms. The average molecular weight is 362 g/mol. The van der Waals surface area contributed by atoms with Gasteiger partial charge in [-0.3, -0.25) is 15.0 Å². The Morgan fingerprint density at radius 3 is 2.69 bits per heavy atom. The molecule has 1 aromatic heterocycles. The molecule has 0 aromatic carbocycles. The van der Waals surface area contributed by atoms with Gasteiger partial charge in [0.15, 0.2) is 6.23 Å². The van der Waals surface area contributed by atoms with Crippen molar-refractivity contribution in [3.63, 3.8) is 0 Å². The monoisotopic (exact) mass is 362 g/mol. The number of nitrogens with one attached hydrogen (secondary N) is 1.